The SMILES string of the molecule is CCOC(=O)c1cncnc1CN1C(=O)c2ccccc2C1=O. The lowest BCUT2D eigenvalue weighted by Gasteiger charge is -2.14. The van der Waals surface area contributed by atoms with Crippen molar-refractivity contribution in [1.29, 1.82) is 0 Å². The highest BCUT2D eigenvalue weighted by molar-refractivity contribution is 6.21. The van der Waals surface area contributed by atoms with E-state index in [1.807, 2.05) is 0 Å². The third-order valence-corrected chi connectivity index (χ3v) is 3.48. The molecule has 2 amide bonds. The zero-order valence-corrected chi connectivity index (χ0v) is 12.4. The van der Waals surface area contributed by atoms with Gasteiger partial charge in [0.05, 0.1) is 30.0 Å². The first-order chi connectivity index (χ1) is 11.1. The van der Waals surface area contributed by atoms with E-state index in [0.29, 0.717) is 11.1 Å². The standard InChI is InChI=1S/C16H13N3O4/c1-2-23-16(22)12-7-17-9-18-13(12)8-19-14(20)10-5-3-4-6-11(10)15(19)21/h3-7,9H,2,8H2,1H3. The summed E-state index contributed by atoms with van der Waals surface area (Å²) in [6, 6.07) is 6.59. The average molecular weight is 311 g/mol. The number of hydrogen-bond donors (Lipinski definition) is 0. The van der Waals surface area contributed by atoms with E-state index in [-0.39, 0.29) is 24.4 Å². The van der Waals surface area contributed by atoms with Crippen molar-refractivity contribution in [2.24, 2.45) is 0 Å². The van der Waals surface area contributed by atoms with Crippen molar-refractivity contribution in [2.75, 3.05) is 6.61 Å². The highest BCUT2D eigenvalue weighted by Crippen LogP contribution is 2.24. The first-order valence-electron chi connectivity index (χ1n) is 7.04. The van der Waals surface area contributed by atoms with E-state index < -0.39 is 17.8 Å². The van der Waals surface area contributed by atoms with Gasteiger partial charge < -0.3 is 4.74 Å². The van der Waals surface area contributed by atoms with Gasteiger partial charge >= 0.3 is 5.97 Å². The molecule has 0 bridgehead atoms. The topological polar surface area (TPSA) is 89.5 Å². The van der Waals surface area contributed by atoms with Gasteiger partial charge in [0.1, 0.15) is 11.9 Å². The van der Waals surface area contributed by atoms with Gasteiger partial charge in [-0.15, -0.1) is 0 Å². The second kappa shape index (κ2) is 5.96. The number of esters is 1. The van der Waals surface area contributed by atoms with Gasteiger partial charge in [0.25, 0.3) is 11.8 Å². The molecular weight excluding hydrogens is 298 g/mol. The van der Waals surface area contributed by atoms with Crippen molar-refractivity contribution in [3.8, 4) is 0 Å². The van der Waals surface area contributed by atoms with Gasteiger partial charge in [0.2, 0.25) is 0 Å². The van der Waals surface area contributed by atoms with E-state index in [1.54, 1.807) is 31.2 Å². The van der Waals surface area contributed by atoms with Crippen LogP contribution in [0, 0.1) is 0 Å². The largest absolute Gasteiger partial charge is 0.462 e. The first kappa shape index (κ1) is 14.8. The van der Waals surface area contributed by atoms with Gasteiger partial charge in [-0.2, -0.15) is 0 Å². The molecular formula is C16H13N3O4. The Hall–Kier alpha value is -3.09. The maximum atomic E-state index is 12.4. The molecule has 1 aliphatic rings. The molecule has 7 nitrogen and oxygen atoms in total. The predicted molar refractivity (Wildman–Crippen MR) is 78.6 cm³/mol. The van der Waals surface area contributed by atoms with Crippen LogP contribution in [0.2, 0.25) is 0 Å². The molecule has 1 aliphatic heterocycles. The van der Waals surface area contributed by atoms with Gasteiger partial charge in [-0.1, -0.05) is 12.1 Å². The van der Waals surface area contributed by atoms with Crippen LogP contribution in [0.15, 0.2) is 36.8 Å². The average Bonchev–Trinajstić information content (AvgIpc) is 2.81. The molecule has 0 radical (unpaired) electrons. The Morgan fingerprint density at radius 1 is 1.17 bits per heavy atom. The number of benzene rings is 1. The Morgan fingerprint density at radius 3 is 2.43 bits per heavy atom. The van der Waals surface area contributed by atoms with E-state index in [4.69, 9.17) is 4.74 Å². The summed E-state index contributed by atoms with van der Waals surface area (Å²) in [6.07, 6.45) is 2.58. The minimum Gasteiger partial charge on any atom is -0.462 e. The zero-order chi connectivity index (χ0) is 16.4. The molecule has 0 saturated heterocycles. The normalized spacial score (nSPS) is 13.2. The van der Waals surface area contributed by atoms with Crippen LogP contribution in [0.4, 0.5) is 0 Å². The monoisotopic (exact) mass is 311 g/mol. The third-order valence-electron chi connectivity index (χ3n) is 3.48. The van der Waals surface area contributed by atoms with Crippen LogP contribution in [-0.2, 0) is 11.3 Å². The first-order valence-corrected chi connectivity index (χ1v) is 7.04. The number of amides is 2. The Morgan fingerprint density at radius 2 is 1.83 bits per heavy atom. The summed E-state index contributed by atoms with van der Waals surface area (Å²) in [5.41, 5.74) is 1.12. The third kappa shape index (κ3) is 2.57. The molecule has 0 spiro atoms. The summed E-state index contributed by atoms with van der Waals surface area (Å²) in [5, 5.41) is 0. The van der Waals surface area contributed by atoms with Crippen LogP contribution in [0.3, 0.4) is 0 Å². The Bertz CT molecular complexity index is 768. The number of aromatic nitrogens is 2. The minimum atomic E-state index is -0.584. The summed E-state index contributed by atoms with van der Waals surface area (Å²) in [6.45, 7) is 1.79. The molecule has 0 N–H and O–H groups in total. The highest BCUT2D eigenvalue weighted by Gasteiger charge is 2.36. The Kier molecular flexibility index (Phi) is 3.84. The van der Waals surface area contributed by atoms with Crippen LogP contribution >= 0.6 is 0 Å². The van der Waals surface area contributed by atoms with Gasteiger partial charge in [-0.3, -0.25) is 14.5 Å². The smallest absolute Gasteiger partial charge is 0.341 e. The van der Waals surface area contributed by atoms with Crippen molar-refractivity contribution in [2.45, 2.75) is 13.5 Å². The second-order valence-corrected chi connectivity index (χ2v) is 4.85. The van der Waals surface area contributed by atoms with Gasteiger partial charge in [-0.05, 0) is 19.1 Å². The number of ether oxygens (including phenoxy) is 1. The van der Waals surface area contributed by atoms with Crippen molar-refractivity contribution >= 4 is 17.8 Å². The van der Waals surface area contributed by atoms with Crippen LogP contribution < -0.4 is 0 Å². The molecule has 7 heteroatoms. The lowest BCUT2D eigenvalue weighted by Crippen LogP contribution is -2.30. The van der Waals surface area contributed by atoms with E-state index in [1.165, 1.54) is 12.5 Å². The maximum absolute atomic E-state index is 12.4. The fourth-order valence-corrected chi connectivity index (χ4v) is 2.39. The fraction of sp³-hybridized carbons (Fsp3) is 0.188. The number of fused-ring (bicyclic) bond motifs is 1. The van der Waals surface area contributed by atoms with Gasteiger partial charge in [-0.25, -0.2) is 14.8 Å². The molecule has 2 heterocycles. The highest BCUT2D eigenvalue weighted by atomic mass is 16.5. The molecule has 0 fully saturated rings. The molecule has 116 valence electrons. The van der Waals surface area contributed by atoms with E-state index in [2.05, 4.69) is 9.97 Å². The quantitative estimate of drug-likeness (QED) is 0.627. The van der Waals surface area contributed by atoms with Crippen molar-refractivity contribution in [3.63, 3.8) is 0 Å². The number of nitrogens with zero attached hydrogens (tertiary/aromatic N) is 3. The van der Waals surface area contributed by atoms with Crippen molar-refractivity contribution in [1.82, 2.24) is 14.9 Å². The van der Waals surface area contributed by atoms with Crippen LogP contribution in [-0.4, -0.2) is 39.3 Å². The fourth-order valence-electron chi connectivity index (χ4n) is 2.39. The predicted octanol–water partition coefficient (Wildman–Crippen LogP) is 1.45. The summed E-state index contributed by atoms with van der Waals surface area (Å²) in [5.74, 6) is -1.39. The Balaban J connectivity index is 1.91. The Labute approximate surface area is 131 Å². The van der Waals surface area contributed by atoms with Crippen molar-refractivity contribution < 1.29 is 19.1 Å². The summed E-state index contributed by atoms with van der Waals surface area (Å²) in [7, 11) is 0. The number of carbonyl (C=O) groups is 3. The molecule has 0 saturated carbocycles. The second-order valence-electron chi connectivity index (χ2n) is 4.85. The maximum Gasteiger partial charge on any atom is 0.341 e. The molecule has 3 rings (SSSR count). The van der Waals surface area contributed by atoms with Crippen LogP contribution in [0.25, 0.3) is 0 Å². The lowest BCUT2D eigenvalue weighted by atomic mass is 10.1. The molecule has 0 unspecified atom stereocenters. The number of carbonyl (C=O) groups excluding carboxylic acids is 3. The summed E-state index contributed by atoms with van der Waals surface area (Å²) >= 11 is 0. The zero-order valence-electron chi connectivity index (χ0n) is 12.4. The molecule has 0 atom stereocenters. The number of imide groups is 1. The van der Waals surface area contributed by atoms with Crippen molar-refractivity contribution in [3.05, 3.63) is 59.2 Å². The van der Waals surface area contributed by atoms with Gasteiger partial charge in [0.15, 0.2) is 0 Å². The molecule has 23 heavy (non-hydrogen) atoms. The van der Waals surface area contributed by atoms with E-state index >= 15 is 0 Å². The van der Waals surface area contributed by atoms with E-state index in [0.717, 1.165) is 4.90 Å². The van der Waals surface area contributed by atoms with Gasteiger partial charge in [0, 0.05) is 6.20 Å². The van der Waals surface area contributed by atoms with E-state index in [9.17, 15) is 14.4 Å². The molecule has 1 aromatic carbocycles. The van der Waals surface area contributed by atoms with Crippen LogP contribution in [0.1, 0.15) is 43.7 Å². The lowest BCUT2D eigenvalue weighted by molar-refractivity contribution is 0.0515. The molecule has 1 aromatic heterocycles. The molecule has 0 aliphatic carbocycles. The number of rotatable bonds is 4. The number of hydrogen-bond acceptors (Lipinski definition) is 6. The summed E-state index contributed by atoms with van der Waals surface area (Å²) in [4.78, 5) is 45.5. The summed E-state index contributed by atoms with van der Waals surface area (Å²) < 4.78 is 4.94. The minimum absolute atomic E-state index is 0.108. The molecule has 2 aromatic rings. The van der Waals surface area contributed by atoms with Crippen LogP contribution in [0.5, 0.6) is 0 Å².